The van der Waals surface area contributed by atoms with Crippen LogP contribution in [0.15, 0.2) is 30.3 Å². The summed E-state index contributed by atoms with van der Waals surface area (Å²) in [6.45, 7) is 0.607. The number of carbonyl (C=O) groups excluding carboxylic acids is 1. The van der Waals surface area contributed by atoms with Gasteiger partial charge in [-0.2, -0.15) is 0 Å². The predicted octanol–water partition coefficient (Wildman–Crippen LogP) is 0.872. The van der Waals surface area contributed by atoms with E-state index in [4.69, 9.17) is 10.5 Å². The average Bonchev–Trinajstić information content (AvgIpc) is 2.36. The van der Waals surface area contributed by atoms with E-state index in [1.807, 2.05) is 30.3 Å². The molecular formula is C13H19NO3. The molecule has 0 saturated carbocycles. The first-order valence-corrected chi connectivity index (χ1v) is 5.82. The molecule has 94 valence electrons. The molecule has 0 bridgehead atoms. The molecule has 0 aliphatic carbocycles. The van der Waals surface area contributed by atoms with Crippen molar-refractivity contribution in [1.82, 2.24) is 0 Å². The smallest absolute Gasteiger partial charge is 0.335 e. The van der Waals surface area contributed by atoms with Gasteiger partial charge in [0.05, 0.1) is 6.61 Å². The SMILES string of the molecule is NCC[C@H](O)C(=O)OCCCc1ccccc1. The second kappa shape index (κ2) is 7.81. The Morgan fingerprint density at radius 3 is 2.71 bits per heavy atom. The standard InChI is InChI=1S/C13H19NO3/c14-9-8-12(15)13(16)17-10-4-7-11-5-2-1-3-6-11/h1-3,5-6,12,15H,4,7-10,14H2/t12-/m0/s1. The number of esters is 1. The topological polar surface area (TPSA) is 72.5 Å². The average molecular weight is 237 g/mol. The van der Waals surface area contributed by atoms with Crippen molar-refractivity contribution in [2.75, 3.05) is 13.2 Å². The Morgan fingerprint density at radius 2 is 2.06 bits per heavy atom. The van der Waals surface area contributed by atoms with Gasteiger partial charge in [0.1, 0.15) is 0 Å². The lowest BCUT2D eigenvalue weighted by Crippen LogP contribution is -2.26. The van der Waals surface area contributed by atoms with E-state index in [1.54, 1.807) is 0 Å². The first kappa shape index (κ1) is 13.7. The van der Waals surface area contributed by atoms with Crippen molar-refractivity contribution < 1.29 is 14.6 Å². The summed E-state index contributed by atoms with van der Waals surface area (Å²) in [6, 6.07) is 9.99. The minimum atomic E-state index is -1.09. The van der Waals surface area contributed by atoms with Crippen LogP contribution in [0.3, 0.4) is 0 Å². The summed E-state index contributed by atoms with van der Waals surface area (Å²) < 4.78 is 4.93. The Kier molecular flexibility index (Phi) is 6.29. The van der Waals surface area contributed by atoms with E-state index in [9.17, 15) is 9.90 Å². The van der Waals surface area contributed by atoms with E-state index in [2.05, 4.69) is 0 Å². The Hall–Kier alpha value is -1.39. The number of aliphatic hydroxyl groups is 1. The van der Waals surface area contributed by atoms with Crippen molar-refractivity contribution in [1.29, 1.82) is 0 Å². The van der Waals surface area contributed by atoms with E-state index in [0.29, 0.717) is 6.61 Å². The van der Waals surface area contributed by atoms with Gasteiger partial charge in [-0.05, 0) is 31.4 Å². The number of nitrogens with two attached hydrogens (primary N) is 1. The third-order valence-electron chi connectivity index (χ3n) is 2.41. The number of rotatable bonds is 7. The maximum Gasteiger partial charge on any atom is 0.335 e. The molecule has 1 aromatic rings. The zero-order chi connectivity index (χ0) is 12.5. The molecule has 0 amide bonds. The molecule has 17 heavy (non-hydrogen) atoms. The van der Waals surface area contributed by atoms with Crippen molar-refractivity contribution in [3.05, 3.63) is 35.9 Å². The molecule has 1 aromatic carbocycles. The highest BCUT2D eigenvalue weighted by Crippen LogP contribution is 2.03. The fourth-order valence-corrected chi connectivity index (χ4v) is 1.47. The lowest BCUT2D eigenvalue weighted by molar-refractivity contribution is -0.153. The molecule has 1 atom stereocenters. The Bertz CT molecular complexity index is 327. The second-order valence-electron chi connectivity index (χ2n) is 3.85. The minimum absolute atomic E-state index is 0.248. The Balaban J connectivity index is 2.14. The summed E-state index contributed by atoms with van der Waals surface area (Å²) in [6.07, 6.45) is 0.778. The number of hydrogen-bond acceptors (Lipinski definition) is 4. The molecule has 0 aromatic heterocycles. The Morgan fingerprint density at radius 1 is 1.35 bits per heavy atom. The maximum absolute atomic E-state index is 11.2. The van der Waals surface area contributed by atoms with Gasteiger partial charge in [-0.15, -0.1) is 0 Å². The molecule has 0 spiro atoms. The molecule has 0 saturated heterocycles. The van der Waals surface area contributed by atoms with Gasteiger partial charge in [-0.25, -0.2) is 4.79 Å². The Labute approximate surface area is 101 Å². The molecule has 4 nitrogen and oxygen atoms in total. The highest BCUT2D eigenvalue weighted by atomic mass is 16.5. The van der Waals surface area contributed by atoms with Crippen LogP contribution < -0.4 is 5.73 Å². The molecule has 0 fully saturated rings. The van der Waals surface area contributed by atoms with Crippen LogP contribution >= 0.6 is 0 Å². The van der Waals surface area contributed by atoms with E-state index in [0.717, 1.165) is 12.8 Å². The zero-order valence-corrected chi connectivity index (χ0v) is 9.84. The van der Waals surface area contributed by atoms with Gasteiger partial charge in [-0.3, -0.25) is 0 Å². The third-order valence-corrected chi connectivity index (χ3v) is 2.41. The summed E-state index contributed by atoms with van der Waals surface area (Å²) in [4.78, 5) is 11.2. The molecule has 4 heteroatoms. The summed E-state index contributed by atoms with van der Waals surface area (Å²) in [5, 5.41) is 9.28. The van der Waals surface area contributed by atoms with Gasteiger partial charge < -0.3 is 15.6 Å². The number of aliphatic hydroxyl groups excluding tert-OH is 1. The highest BCUT2D eigenvalue weighted by Gasteiger charge is 2.14. The summed E-state index contributed by atoms with van der Waals surface area (Å²) in [7, 11) is 0. The van der Waals surface area contributed by atoms with Gasteiger partial charge in [0.2, 0.25) is 0 Å². The fourth-order valence-electron chi connectivity index (χ4n) is 1.47. The van der Waals surface area contributed by atoms with Crippen LogP contribution in [0.2, 0.25) is 0 Å². The van der Waals surface area contributed by atoms with Crippen LogP contribution in [-0.4, -0.2) is 30.3 Å². The summed E-state index contributed by atoms with van der Waals surface area (Å²) in [5.41, 5.74) is 6.44. The van der Waals surface area contributed by atoms with E-state index >= 15 is 0 Å². The number of aryl methyl sites for hydroxylation is 1. The molecule has 3 N–H and O–H groups in total. The zero-order valence-electron chi connectivity index (χ0n) is 9.84. The van der Waals surface area contributed by atoms with Crippen molar-refractivity contribution in [3.63, 3.8) is 0 Å². The van der Waals surface area contributed by atoms with Crippen molar-refractivity contribution in [2.45, 2.75) is 25.4 Å². The number of carbonyl (C=O) groups is 1. The lowest BCUT2D eigenvalue weighted by atomic mass is 10.1. The molecule has 0 radical (unpaired) electrons. The largest absolute Gasteiger partial charge is 0.464 e. The molecule has 0 unspecified atom stereocenters. The summed E-state index contributed by atoms with van der Waals surface area (Å²) in [5.74, 6) is -0.580. The molecule has 0 aliphatic heterocycles. The van der Waals surface area contributed by atoms with Crippen LogP contribution in [0.5, 0.6) is 0 Å². The molecule has 0 aliphatic rings. The molecular weight excluding hydrogens is 218 g/mol. The van der Waals surface area contributed by atoms with Crippen LogP contribution in [0.4, 0.5) is 0 Å². The van der Waals surface area contributed by atoms with Gasteiger partial charge >= 0.3 is 5.97 Å². The van der Waals surface area contributed by atoms with Crippen molar-refractivity contribution >= 4 is 5.97 Å². The van der Waals surface area contributed by atoms with Crippen LogP contribution in [-0.2, 0) is 16.0 Å². The lowest BCUT2D eigenvalue weighted by Gasteiger charge is -2.09. The van der Waals surface area contributed by atoms with Gasteiger partial charge in [0, 0.05) is 0 Å². The van der Waals surface area contributed by atoms with Gasteiger partial charge in [-0.1, -0.05) is 30.3 Å². The first-order valence-electron chi connectivity index (χ1n) is 5.82. The number of ether oxygens (including phenoxy) is 1. The predicted molar refractivity (Wildman–Crippen MR) is 65.4 cm³/mol. The highest BCUT2D eigenvalue weighted by molar-refractivity contribution is 5.74. The summed E-state index contributed by atoms with van der Waals surface area (Å²) >= 11 is 0. The van der Waals surface area contributed by atoms with E-state index < -0.39 is 12.1 Å². The minimum Gasteiger partial charge on any atom is -0.464 e. The monoisotopic (exact) mass is 237 g/mol. The van der Waals surface area contributed by atoms with Crippen LogP contribution in [0, 0.1) is 0 Å². The molecule has 0 heterocycles. The molecule has 1 rings (SSSR count). The van der Waals surface area contributed by atoms with Gasteiger partial charge in [0.15, 0.2) is 6.10 Å². The third kappa shape index (κ3) is 5.47. The van der Waals surface area contributed by atoms with Gasteiger partial charge in [0.25, 0.3) is 0 Å². The first-order chi connectivity index (χ1) is 8.24. The maximum atomic E-state index is 11.2. The van der Waals surface area contributed by atoms with Crippen molar-refractivity contribution in [3.8, 4) is 0 Å². The second-order valence-corrected chi connectivity index (χ2v) is 3.85. The normalized spacial score (nSPS) is 12.1. The van der Waals surface area contributed by atoms with E-state index in [-0.39, 0.29) is 13.0 Å². The van der Waals surface area contributed by atoms with Crippen molar-refractivity contribution in [2.24, 2.45) is 5.73 Å². The van der Waals surface area contributed by atoms with Crippen LogP contribution in [0.25, 0.3) is 0 Å². The fraction of sp³-hybridized carbons (Fsp3) is 0.462. The number of benzene rings is 1. The van der Waals surface area contributed by atoms with Crippen LogP contribution in [0.1, 0.15) is 18.4 Å². The number of hydrogen-bond donors (Lipinski definition) is 2. The van der Waals surface area contributed by atoms with E-state index in [1.165, 1.54) is 5.56 Å². The quantitative estimate of drug-likeness (QED) is 0.545.